The van der Waals surface area contributed by atoms with Crippen LogP contribution in [0.5, 0.6) is 6.01 Å². The van der Waals surface area contributed by atoms with E-state index in [1.54, 1.807) is 4.90 Å². The smallest absolute Gasteiger partial charge is 0.410 e. The highest BCUT2D eigenvalue weighted by molar-refractivity contribution is 5.86. The minimum Gasteiger partial charge on any atom is -0.444 e. The van der Waals surface area contributed by atoms with Gasteiger partial charge >= 0.3 is 17.7 Å². The molecule has 1 amide bonds. The number of fused-ring (bicyclic) bond motifs is 1. The molecule has 1 saturated heterocycles. The van der Waals surface area contributed by atoms with Gasteiger partial charge in [-0.25, -0.2) is 9.59 Å². The van der Waals surface area contributed by atoms with Gasteiger partial charge in [0.15, 0.2) is 0 Å². The van der Waals surface area contributed by atoms with Crippen molar-refractivity contribution in [1.82, 2.24) is 14.9 Å². The van der Waals surface area contributed by atoms with Crippen LogP contribution in [0.4, 0.5) is 4.79 Å². The Labute approximate surface area is 184 Å². The second kappa shape index (κ2) is 8.76. The third-order valence-electron chi connectivity index (χ3n) is 5.45. The van der Waals surface area contributed by atoms with E-state index in [-0.39, 0.29) is 23.2 Å². The molecule has 0 unspecified atom stereocenters. The first kappa shape index (κ1) is 22.0. The molecule has 10 nitrogen and oxygen atoms in total. The van der Waals surface area contributed by atoms with E-state index in [0.717, 1.165) is 12.1 Å². The predicted molar refractivity (Wildman–Crippen MR) is 117 cm³/mol. The largest absolute Gasteiger partial charge is 0.444 e. The molecular formula is C22H28N4O6. The summed E-state index contributed by atoms with van der Waals surface area (Å²) in [5.74, 6) is 0.671. The average Bonchev–Trinajstić information content (AvgIpc) is 3.53. The van der Waals surface area contributed by atoms with Crippen molar-refractivity contribution in [1.29, 1.82) is 0 Å². The fraction of sp³-hybridized carbons (Fsp3) is 0.591. The number of rotatable bonds is 5. The third-order valence-corrected chi connectivity index (χ3v) is 5.45. The van der Waals surface area contributed by atoms with E-state index in [0.29, 0.717) is 43.8 Å². The van der Waals surface area contributed by atoms with Crippen molar-refractivity contribution in [3.63, 3.8) is 0 Å². The lowest BCUT2D eigenvalue weighted by Crippen LogP contribution is -2.42. The quantitative estimate of drug-likeness (QED) is 0.702. The second-order valence-corrected chi connectivity index (χ2v) is 9.34. The number of piperidine rings is 1. The predicted octanol–water partition coefficient (Wildman–Crippen LogP) is 2.98. The minimum atomic E-state index is -0.548. The zero-order chi connectivity index (χ0) is 22.9. The molecule has 0 radical (unpaired) electrons. The van der Waals surface area contributed by atoms with Gasteiger partial charge in [0.25, 0.3) is 5.56 Å². The Kier molecular flexibility index (Phi) is 6.03. The molecule has 1 aliphatic heterocycles. The van der Waals surface area contributed by atoms with Crippen LogP contribution in [0.1, 0.15) is 58.4 Å². The number of amides is 1. The maximum Gasteiger partial charge on any atom is 0.410 e. The lowest BCUT2D eigenvalue weighted by atomic mass is 10.1. The molecule has 0 atom stereocenters. The van der Waals surface area contributed by atoms with Gasteiger partial charge in [0.05, 0.1) is 5.71 Å². The van der Waals surface area contributed by atoms with Crippen molar-refractivity contribution in [2.45, 2.75) is 64.9 Å². The van der Waals surface area contributed by atoms with Crippen molar-refractivity contribution in [2.24, 2.45) is 11.1 Å². The van der Waals surface area contributed by atoms with Crippen LogP contribution in [0.3, 0.4) is 0 Å². The second-order valence-electron chi connectivity index (χ2n) is 9.34. The van der Waals surface area contributed by atoms with E-state index in [1.165, 1.54) is 18.9 Å². The van der Waals surface area contributed by atoms with Crippen LogP contribution < -0.4 is 16.0 Å². The van der Waals surface area contributed by atoms with Gasteiger partial charge in [0.1, 0.15) is 11.0 Å². The highest BCUT2D eigenvalue weighted by Gasteiger charge is 2.26. The van der Waals surface area contributed by atoms with Crippen molar-refractivity contribution < 1.29 is 18.8 Å². The number of nitrogens with one attached hydrogen (secondary N) is 1. The summed E-state index contributed by atoms with van der Waals surface area (Å²) in [4.78, 5) is 50.4. The summed E-state index contributed by atoms with van der Waals surface area (Å²) in [5.41, 5.74) is -0.208. The standard InChI is InChI=1S/C22H28N4O6/c1-22(2,3)31-21(29)26-10-8-15(9-11-26)25-32-20-23-18(28)17-14(7-6-13-4-5-13)12-16(27)30-19(17)24-20/h12-13H,4-11H2,1-3H3,(H,23,24,28). The molecule has 0 aromatic carbocycles. The molecule has 2 aromatic heterocycles. The van der Waals surface area contributed by atoms with Crippen LogP contribution in [0.15, 0.2) is 25.2 Å². The van der Waals surface area contributed by atoms with E-state index < -0.39 is 16.8 Å². The van der Waals surface area contributed by atoms with Crippen LogP contribution in [0.25, 0.3) is 11.1 Å². The minimum absolute atomic E-state index is 0.0537. The molecule has 172 valence electrons. The van der Waals surface area contributed by atoms with Gasteiger partial charge in [0, 0.05) is 32.0 Å². The van der Waals surface area contributed by atoms with Crippen LogP contribution in [0.2, 0.25) is 0 Å². The average molecular weight is 444 g/mol. The molecule has 32 heavy (non-hydrogen) atoms. The van der Waals surface area contributed by atoms with Crippen molar-refractivity contribution in [3.8, 4) is 6.01 Å². The maximum atomic E-state index is 12.6. The zero-order valence-electron chi connectivity index (χ0n) is 18.6. The summed E-state index contributed by atoms with van der Waals surface area (Å²) in [6.07, 6.45) is 4.63. The fourth-order valence-electron chi connectivity index (χ4n) is 3.61. The van der Waals surface area contributed by atoms with Gasteiger partial charge in [-0.15, -0.1) is 0 Å². The Morgan fingerprint density at radius 1 is 1.28 bits per heavy atom. The van der Waals surface area contributed by atoms with E-state index in [2.05, 4.69) is 15.1 Å². The van der Waals surface area contributed by atoms with Gasteiger partial charge in [-0.1, -0.05) is 18.0 Å². The molecule has 2 fully saturated rings. The van der Waals surface area contributed by atoms with Crippen molar-refractivity contribution in [3.05, 3.63) is 32.4 Å². The molecule has 2 aromatic rings. The summed E-state index contributed by atoms with van der Waals surface area (Å²) in [7, 11) is 0. The van der Waals surface area contributed by atoms with Crippen molar-refractivity contribution >= 4 is 22.9 Å². The summed E-state index contributed by atoms with van der Waals surface area (Å²) in [6, 6.07) is 1.22. The molecule has 10 heteroatoms. The van der Waals surface area contributed by atoms with E-state index >= 15 is 0 Å². The Morgan fingerprint density at radius 3 is 2.66 bits per heavy atom. The Morgan fingerprint density at radius 2 is 2.00 bits per heavy atom. The Hall–Kier alpha value is -3.17. The van der Waals surface area contributed by atoms with Crippen molar-refractivity contribution in [2.75, 3.05) is 13.1 Å². The number of aromatic amines is 1. The summed E-state index contributed by atoms with van der Waals surface area (Å²) >= 11 is 0. The summed E-state index contributed by atoms with van der Waals surface area (Å²) in [5, 5.41) is 4.34. The van der Waals surface area contributed by atoms with E-state index in [4.69, 9.17) is 14.0 Å². The summed E-state index contributed by atoms with van der Waals surface area (Å²) < 4.78 is 10.5. The number of aryl methyl sites for hydroxylation is 1. The number of oxime groups is 1. The molecule has 2 aliphatic rings. The van der Waals surface area contributed by atoms with E-state index in [9.17, 15) is 14.4 Å². The molecular weight excluding hydrogens is 416 g/mol. The van der Waals surface area contributed by atoms with Crippen LogP contribution >= 0.6 is 0 Å². The Bertz CT molecular complexity index is 1150. The lowest BCUT2D eigenvalue weighted by Gasteiger charge is -2.30. The molecule has 1 N–H and O–H groups in total. The third kappa shape index (κ3) is 5.54. The number of carbonyl (C=O) groups excluding carboxylic acids is 1. The molecule has 1 saturated carbocycles. The first-order valence-electron chi connectivity index (χ1n) is 11.0. The number of carbonyl (C=O) groups is 1. The normalized spacial score (nSPS) is 16.8. The topological polar surface area (TPSA) is 127 Å². The van der Waals surface area contributed by atoms with Gasteiger partial charge in [0.2, 0.25) is 5.71 Å². The SMILES string of the molecule is CC(C)(C)OC(=O)N1CCC(=NOc2nc3oc(=O)cc(CCC4CC4)c3c(=O)[nH]2)CC1. The molecule has 4 rings (SSSR count). The monoisotopic (exact) mass is 444 g/mol. The molecule has 1 aliphatic carbocycles. The van der Waals surface area contributed by atoms with Gasteiger partial charge in [-0.3, -0.25) is 9.78 Å². The molecule has 3 heterocycles. The summed E-state index contributed by atoms with van der Waals surface area (Å²) in [6.45, 7) is 6.39. The number of nitrogens with zero attached hydrogens (tertiary/aromatic N) is 3. The number of H-pyrrole nitrogens is 1. The fourth-order valence-corrected chi connectivity index (χ4v) is 3.61. The Balaban J connectivity index is 1.43. The highest BCUT2D eigenvalue weighted by Crippen LogP contribution is 2.33. The molecule has 0 spiro atoms. The zero-order valence-corrected chi connectivity index (χ0v) is 18.6. The number of likely N-dealkylation sites (tertiary alicyclic amines) is 1. The lowest BCUT2D eigenvalue weighted by molar-refractivity contribution is 0.0248. The van der Waals surface area contributed by atoms with E-state index in [1.807, 2.05) is 20.8 Å². The highest BCUT2D eigenvalue weighted by atomic mass is 16.6. The number of hydrogen-bond donors (Lipinski definition) is 1. The van der Waals surface area contributed by atoms with Crippen LogP contribution in [-0.2, 0) is 11.2 Å². The van der Waals surface area contributed by atoms with Gasteiger partial charge in [-0.2, -0.15) is 4.98 Å². The van der Waals surface area contributed by atoms with Crippen LogP contribution in [0, 0.1) is 5.92 Å². The first-order valence-corrected chi connectivity index (χ1v) is 11.0. The maximum absolute atomic E-state index is 12.6. The number of aromatic nitrogens is 2. The van der Waals surface area contributed by atoms with Gasteiger partial charge in [-0.05, 0) is 45.1 Å². The number of ether oxygens (including phenoxy) is 1. The number of hydrogen-bond acceptors (Lipinski definition) is 8. The molecule has 0 bridgehead atoms. The van der Waals surface area contributed by atoms with Crippen LogP contribution in [-0.4, -0.2) is 45.4 Å². The first-order chi connectivity index (χ1) is 15.2. The van der Waals surface area contributed by atoms with Gasteiger partial charge < -0.3 is 18.9 Å².